The van der Waals surface area contributed by atoms with E-state index in [4.69, 9.17) is 14.2 Å². The molecule has 0 unspecified atom stereocenters. The Balaban J connectivity index is 1.25. The molecule has 0 saturated heterocycles. The van der Waals surface area contributed by atoms with E-state index < -0.39 is 0 Å². The largest absolute Gasteiger partial charge is 0.485 e. The number of aromatic amines is 1. The molecule has 0 aliphatic carbocycles. The first kappa shape index (κ1) is 20.4. The molecule has 0 saturated carbocycles. The van der Waals surface area contributed by atoms with Gasteiger partial charge in [0.05, 0.1) is 11.2 Å². The summed E-state index contributed by atoms with van der Waals surface area (Å²) in [5.74, 6) is 2.55. The summed E-state index contributed by atoms with van der Waals surface area (Å²) >= 11 is 0. The van der Waals surface area contributed by atoms with Gasteiger partial charge in [0.2, 0.25) is 0 Å². The lowest BCUT2D eigenvalue weighted by atomic mass is 10.2. The van der Waals surface area contributed by atoms with E-state index in [0.717, 1.165) is 22.2 Å². The van der Waals surface area contributed by atoms with Gasteiger partial charge < -0.3 is 14.2 Å². The van der Waals surface area contributed by atoms with E-state index in [9.17, 15) is 0 Å². The number of aromatic nitrogens is 5. The van der Waals surface area contributed by atoms with E-state index in [1.807, 2.05) is 78.9 Å². The smallest absolute Gasteiger partial charge is 0.186 e. The van der Waals surface area contributed by atoms with Crippen LogP contribution < -0.4 is 14.2 Å². The van der Waals surface area contributed by atoms with E-state index in [-0.39, 0.29) is 6.61 Å². The summed E-state index contributed by atoms with van der Waals surface area (Å²) in [5, 5.41) is 14.7. The predicted octanol–water partition coefficient (Wildman–Crippen LogP) is 4.48. The predicted molar refractivity (Wildman–Crippen MR) is 122 cm³/mol. The first-order valence-electron chi connectivity index (χ1n) is 10.5. The van der Waals surface area contributed by atoms with Crippen LogP contribution in [0.5, 0.6) is 17.2 Å². The standard InChI is InChI=1S/C25H21N5O3/c1-3-9-21-18(7-1)13-14-20(26-21)16-32-24-12-6-5-11-23(24)31-15-19-8-2-4-10-22(19)33-17-25-27-29-30-28-25/h1-14H,15-17H2,(H,27,28,29,30). The van der Waals surface area contributed by atoms with Crippen LogP contribution in [0.1, 0.15) is 17.1 Å². The van der Waals surface area contributed by atoms with E-state index in [1.165, 1.54) is 0 Å². The summed E-state index contributed by atoms with van der Waals surface area (Å²) in [7, 11) is 0. The van der Waals surface area contributed by atoms with Gasteiger partial charge in [0, 0.05) is 10.9 Å². The second kappa shape index (κ2) is 9.78. The Morgan fingerprint density at radius 2 is 1.33 bits per heavy atom. The third-order valence-corrected chi connectivity index (χ3v) is 4.99. The number of ether oxygens (including phenoxy) is 3. The molecule has 8 nitrogen and oxygen atoms in total. The SMILES string of the molecule is c1ccc(OCc2nnn[nH]2)c(COc2ccccc2OCc2ccc3ccccc3n2)c1. The number of fused-ring (bicyclic) bond motifs is 1. The van der Waals surface area contributed by atoms with Crippen molar-refractivity contribution in [1.29, 1.82) is 0 Å². The Morgan fingerprint density at radius 1 is 0.636 bits per heavy atom. The van der Waals surface area contributed by atoms with Crippen molar-refractivity contribution in [2.75, 3.05) is 0 Å². The van der Waals surface area contributed by atoms with Crippen molar-refractivity contribution >= 4 is 10.9 Å². The van der Waals surface area contributed by atoms with Crippen LogP contribution in [0, 0.1) is 0 Å². The van der Waals surface area contributed by atoms with Crippen LogP contribution in [0.15, 0.2) is 84.9 Å². The van der Waals surface area contributed by atoms with Gasteiger partial charge >= 0.3 is 0 Å². The third kappa shape index (κ3) is 5.07. The molecule has 2 heterocycles. The molecular formula is C25H21N5O3. The summed E-state index contributed by atoms with van der Waals surface area (Å²) in [6.07, 6.45) is 0. The van der Waals surface area contributed by atoms with Crippen LogP contribution in [-0.4, -0.2) is 25.6 Å². The van der Waals surface area contributed by atoms with E-state index in [1.54, 1.807) is 0 Å². The molecule has 5 aromatic rings. The molecule has 0 aliphatic rings. The quantitative estimate of drug-likeness (QED) is 0.362. The van der Waals surface area contributed by atoms with Crippen molar-refractivity contribution in [3.8, 4) is 17.2 Å². The first-order valence-corrected chi connectivity index (χ1v) is 10.5. The number of para-hydroxylation sites is 4. The summed E-state index contributed by atoms with van der Waals surface area (Å²) in [4.78, 5) is 4.67. The molecule has 0 aliphatic heterocycles. The summed E-state index contributed by atoms with van der Waals surface area (Å²) in [5.41, 5.74) is 2.70. The summed E-state index contributed by atoms with van der Waals surface area (Å²) in [6.45, 7) is 0.901. The first-order chi connectivity index (χ1) is 16.3. The lowest BCUT2D eigenvalue weighted by Crippen LogP contribution is -2.04. The number of hydrogen-bond acceptors (Lipinski definition) is 7. The van der Waals surface area contributed by atoms with Gasteiger partial charge in [-0.15, -0.1) is 5.10 Å². The lowest BCUT2D eigenvalue weighted by Gasteiger charge is -2.14. The number of hydrogen-bond donors (Lipinski definition) is 1. The van der Waals surface area contributed by atoms with E-state index in [0.29, 0.717) is 36.3 Å². The van der Waals surface area contributed by atoms with Gasteiger partial charge in [0.15, 0.2) is 17.3 Å². The van der Waals surface area contributed by atoms with Gasteiger partial charge in [-0.3, -0.25) is 0 Å². The number of benzene rings is 3. The van der Waals surface area contributed by atoms with Crippen molar-refractivity contribution in [2.45, 2.75) is 19.8 Å². The molecule has 5 rings (SSSR count). The molecule has 164 valence electrons. The van der Waals surface area contributed by atoms with Gasteiger partial charge in [-0.05, 0) is 40.8 Å². The zero-order valence-corrected chi connectivity index (χ0v) is 17.7. The normalized spacial score (nSPS) is 10.8. The minimum Gasteiger partial charge on any atom is -0.485 e. The average Bonchev–Trinajstić information content (AvgIpc) is 3.39. The minimum absolute atomic E-state index is 0.239. The van der Waals surface area contributed by atoms with Crippen molar-refractivity contribution in [1.82, 2.24) is 25.6 Å². The Bertz CT molecular complexity index is 1340. The number of nitrogens with one attached hydrogen (secondary N) is 1. The number of H-pyrrole nitrogens is 1. The minimum atomic E-state index is 0.239. The highest BCUT2D eigenvalue weighted by atomic mass is 16.5. The monoisotopic (exact) mass is 439 g/mol. The van der Waals surface area contributed by atoms with Gasteiger partial charge in [-0.1, -0.05) is 54.6 Å². The second-order valence-corrected chi connectivity index (χ2v) is 7.26. The zero-order valence-electron chi connectivity index (χ0n) is 17.7. The molecular weight excluding hydrogens is 418 g/mol. The topological polar surface area (TPSA) is 95.0 Å². The second-order valence-electron chi connectivity index (χ2n) is 7.26. The Kier molecular flexibility index (Phi) is 6.06. The zero-order chi connectivity index (χ0) is 22.3. The number of pyridine rings is 1. The third-order valence-electron chi connectivity index (χ3n) is 4.99. The molecule has 0 amide bonds. The Hall–Kier alpha value is -4.46. The van der Waals surface area contributed by atoms with Crippen LogP contribution in [0.4, 0.5) is 0 Å². The molecule has 0 atom stereocenters. The number of rotatable bonds is 9. The molecule has 2 aromatic heterocycles. The van der Waals surface area contributed by atoms with Crippen molar-refractivity contribution < 1.29 is 14.2 Å². The Labute approximate surface area is 190 Å². The van der Waals surface area contributed by atoms with Crippen LogP contribution in [-0.2, 0) is 19.8 Å². The molecule has 3 aromatic carbocycles. The van der Waals surface area contributed by atoms with Crippen LogP contribution in [0.3, 0.4) is 0 Å². The van der Waals surface area contributed by atoms with Crippen LogP contribution in [0.25, 0.3) is 10.9 Å². The maximum absolute atomic E-state index is 6.09. The van der Waals surface area contributed by atoms with Crippen LogP contribution in [0.2, 0.25) is 0 Å². The molecule has 0 radical (unpaired) electrons. The highest BCUT2D eigenvalue weighted by molar-refractivity contribution is 5.78. The van der Waals surface area contributed by atoms with Gasteiger partial charge in [0.25, 0.3) is 0 Å². The maximum Gasteiger partial charge on any atom is 0.186 e. The fourth-order valence-corrected chi connectivity index (χ4v) is 3.33. The lowest BCUT2D eigenvalue weighted by molar-refractivity contribution is 0.245. The summed E-state index contributed by atoms with van der Waals surface area (Å²) in [6, 6.07) is 27.3. The van der Waals surface area contributed by atoms with E-state index in [2.05, 4.69) is 31.7 Å². The van der Waals surface area contributed by atoms with Gasteiger partial charge in [-0.25, -0.2) is 10.1 Å². The van der Waals surface area contributed by atoms with Crippen LogP contribution >= 0.6 is 0 Å². The fourth-order valence-electron chi connectivity index (χ4n) is 3.33. The van der Waals surface area contributed by atoms with Crippen molar-refractivity contribution in [3.63, 3.8) is 0 Å². The summed E-state index contributed by atoms with van der Waals surface area (Å²) < 4.78 is 18.0. The number of nitrogens with zero attached hydrogens (tertiary/aromatic N) is 4. The molecule has 0 bridgehead atoms. The highest BCUT2D eigenvalue weighted by Crippen LogP contribution is 2.29. The highest BCUT2D eigenvalue weighted by Gasteiger charge is 2.10. The molecule has 1 N–H and O–H groups in total. The maximum atomic E-state index is 6.09. The van der Waals surface area contributed by atoms with Gasteiger partial charge in [0.1, 0.15) is 25.6 Å². The molecule has 0 fully saturated rings. The average molecular weight is 439 g/mol. The molecule has 8 heteroatoms. The number of tetrazole rings is 1. The fraction of sp³-hybridized carbons (Fsp3) is 0.120. The molecule has 33 heavy (non-hydrogen) atoms. The van der Waals surface area contributed by atoms with Crippen molar-refractivity contribution in [2.24, 2.45) is 0 Å². The Morgan fingerprint density at radius 3 is 2.15 bits per heavy atom. The molecule has 0 spiro atoms. The van der Waals surface area contributed by atoms with Gasteiger partial charge in [-0.2, -0.15) is 0 Å². The van der Waals surface area contributed by atoms with E-state index >= 15 is 0 Å². The van der Waals surface area contributed by atoms with Crippen molar-refractivity contribution in [3.05, 3.63) is 102 Å².